The molecule has 0 saturated heterocycles. The predicted octanol–water partition coefficient (Wildman–Crippen LogP) is 5.57. The van der Waals surface area contributed by atoms with E-state index in [0.29, 0.717) is 39.0 Å². The summed E-state index contributed by atoms with van der Waals surface area (Å²) < 4.78 is 40.8. The molecule has 0 bridgehead atoms. The molecule has 0 unspecified atom stereocenters. The molecule has 0 radical (unpaired) electrons. The smallest absolute Gasteiger partial charge is 0.263 e. The van der Waals surface area contributed by atoms with Gasteiger partial charge >= 0.3 is 0 Å². The number of rotatable bonds is 10. The van der Waals surface area contributed by atoms with Crippen molar-refractivity contribution in [3.8, 4) is 11.6 Å². The molecule has 8 nitrogen and oxygen atoms in total. The van der Waals surface area contributed by atoms with Gasteiger partial charge in [0.05, 0.1) is 21.0 Å². The first-order chi connectivity index (χ1) is 17.6. The van der Waals surface area contributed by atoms with Crippen LogP contribution < -0.4 is 14.2 Å². The van der Waals surface area contributed by atoms with E-state index in [1.165, 1.54) is 6.07 Å². The Morgan fingerprint density at radius 1 is 0.919 bits per heavy atom. The minimum absolute atomic E-state index is 0.0329. The second-order valence-electron chi connectivity index (χ2n) is 8.54. The number of anilines is 1. The zero-order chi connectivity index (χ0) is 26.6. The van der Waals surface area contributed by atoms with Gasteiger partial charge in [0.25, 0.3) is 15.9 Å². The van der Waals surface area contributed by atoms with E-state index in [4.69, 9.17) is 32.7 Å². The summed E-state index contributed by atoms with van der Waals surface area (Å²) in [6, 6.07) is 17.1. The van der Waals surface area contributed by atoms with Crippen LogP contribution in [-0.4, -0.2) is 50.5 Å². The third kappa shape index (κ3) is 6.61. The van der Waals surface area contributed by atoms with Gasteiger partial charge in [-0.15, -0.1) is 0 Å². The molecule has 11 heteroatoms. The normalized spacial score (nSPS) is 11.6. The van der Waals surface area contributed by atoms with E-state index in [9.17, 15) is 8.42 Å². The van der Waals surface area contributed by atoms with Gasteiger partial charge in [-0.2, -0.15) is 0 Å². The number of sulfonamides is 1. The summed E-state index contributed by atoms with van der Waals surface area (Å²) in [6.07, 6.45) is 0. The van der Waals surface area contributed by atoms with Gasteiger partial charge in [-0.3, -0.25) is 4.72 Å². The van der Waals surface area contributed by atoms with Crippen molar-refractivity contribution in [3.63, 3.8) is 0 Å². The second kappa shape index (κ2) is 11.5. The van der Waals surface area contributed by atoms with Crippen LogP contribution in [0, 0.1) is 6.92 Å². The number of benzene rings is 3. The van der Waals surface area contributed by atoms with Gasteiger partial charge in [-0.1, -0.05) is 47.5 Å². The summed E-state index contributed by atoms with van der Waals surface area (Å²) in [6.45, 7) is 2.93. The predicted molar refractivity (Wildman–Crippen MR) is 146 cm³/mol. The van der Waals surface area contributed by atoms with Gasteiger partial charge in [0.15, 0.2) is 0 Å². The molecule has 0 aliphatic rings. The molecule has 0 fully saturated rings. The molecule has 194 valence electrons. The van der Waals surface area contributed by atoms with Crippen LogP contribution in [0.2, 0.25) is 10.0 Å². The van der Waals surface area contributed by atoms with Crippen LogP contribution in [0.4, 0.5) is 5.82 Å². The number of likely N-dealkylation sites (N-methyl/N-ethyl adjacent to an activating group) is 1. The quantitative estimate of drug-likeness (QED) is 0.271. The van der Waals surface area contributed by atoms with E-state index in [0.717, 1.165) is 12.1 Å². The highest BCUT2D eigenvalue weighted by molar-refractivity contribution is 7.92. The number of nitrogens with one attached hydrogen (secondary N) is 1. The van der Waals surface area contributed by atoms with Crippen molar-refractivity contribution < 1.29 is 17.9 Å². The average molecular weight is 561 g/mol. The average Bonchev–Trinajstić information content (AvgIpc) is 2.85. The molecular formula is C26H26Cl2N4O4S. The molecule has 1 N–H and O–H groups in total. The van der Waals surface area contributed by atoms with Crippen molar-refractivity contribution >= 4 is 50.1 Å². The lowest BCUT2D eigenvalue weighted by molar-refractivity contribution is 0.259. The van der Waals surface area contributed by atoms with Gasteiger partial charge < -0.3 is 14.4 Å². The fourth-order valence-electron chi connectivity index (χ4n) is 3.45. The van der Waals surface area contributed by atoms with Crippen molar-refractivity contribution in [1.82, 2.24) is 14.9 Å². The third-order valence-corrected chi connectivity index (χ3v) is 7.65. The Labute approximate surface area is 226 Å². The monoisotopic (exact) mass is 560 g/mol. The fraction of sp³-hybridized carbons (Fsp3) is 0.231. The standard InChI is InChI=1S/C26H26Cl2N4O4S/c1-17-19(27)7-6-10-24(17)37(33,34)31-25-26(30-22-9-5-4-8-21(22)29-25)36-16-18-11-12-20(28)23(15-18)35-14-13-32(2)3/h4-12,15H,13-14,16H2,1-3H3,(H,29,31). The summed E-state index contributed by atoms with van der Waals surface area (Å²) in [5, 5.41) is 0.827. The van der Waals surface area contributed by atoms with Crippen LogP contribution in [0.1, 0.15) is 11.1 Å². The minimum Gasteiger partial charge on any atom is -0.491 e. The number of nitrogens with zero attached hydrogens (tertiary/aromatic N) is 3. The lowest BCUT2D eigenvalue weighted by Crippen LogP contribution is -2.19. The summed E-state index contributed by atoms with van der Waals surface area (Å²) in [7, 11) is -0.113. The molecule has 3 aromatic carbocycles. The number of aromatic nitrogens is 2. The van der Waals surface area contributed by atoms with Gasteiger partial charge in [-0.25, -0.2) is 18.4 Å². The number of halogens is 2. The first-order valence-corrected chi connectivity index (χ1v) is 13.6. The summed E-state index contributed by atoms with van der Waals surface area (Å²) >= 11 is 12.4. The lowest BCUT2D eigenvalue weighted by atomic mass is 10.2. The Hall–Kier alpha value is -3.11. The Bertz CT molecular complexity index is 1530. The lowest BCUT2D eigenvalue weighted by Gasteiger charge is -2.15. The molecular weight excluding hydrogens is 535 g/mol. The maximum atomic E-state index is 13.2. The molecule has 0 atom stereocenters. The number of hydrogen-bond acceptors (Lipinski definition) is 7. The summed E-state index contributed by atoms with van der Waals surface area (Å²) in [4.78, 5) is 11.0. The van der Waals surface area contributed by atoms with Crippen LogP contribution in [0.15, 0.2) is 65.6 Å². The van der Waals surface area contributed by atoms with Crippen molar-refractivity contribution in [3.05, 3.63) is 81.8 Å². The zero-order valence-electron chi connectivity index (χ0n) is 20.5. The minimum atomic E-state index is -4.03. The summed E-state index contributed by atoms with van der Waals surface area (Å²) in [5.74, 6) is 0.535. The third-order valence-electron chi connectivity index (χ3n) is 5.44. The summed E-state index contributed by atoms with van der Waals surface area (Å²) in [5.41, 5.74) is 2.26. The van der Waals surface area contributed by atoms with Crippen molar-refractivity contribution in [1.29, 1.82) is 0 Å². The Morgan fingerprint density at radius 2 is 1.65 bits per heavy atom. The largest absolute Gasteiger partial charge is 0.491 e. The van der Waals surface area contributed by atoms with Crippen molar-refractivity contribution in [2.75, 3.05) is 32.0 Å². The molecule has 0 aliphatic heterocycles. The zero-order valence-corrected chi connectivity index (χ0v) is 22.9. The van der Waals surface area contributed by atoms with Crippen LogP contribution in [0.5, 0.6) is 11.6 Å². The highest BCUT2D eigenvalue weighted by Gasteiger charge is 2.22. The van der Waals surface area contributed by atoms with Crippen LogP contribution in [0.3, 0.4) is 0 Å². The Morgan fingerprint density at radius 3 is 2.38 bits per heavy atom. The van der Waals surface area contributed by atoms with E-state index >= 15 is 0 Å². The fourth-order valence-corrected chi connectivity index (χ4v) is 5.12. The number of hydrogen-bond donors (Lipinski definition) is 1. The maximum Gasteiger partial charge on any atom is 0.263 e. The van der Waals surface area contributed by atoms with E-state index in [-0.39, 0.29) is 23.2 Å². The highest BCUT2D eigenvalue weighted by atomic mass is 35.5. The molecule has 4 rings (SSSR count). The van der Waals surface area contributed by atoms with Crippen molar-refractivity contribution in [2.24, 2.45) is 0 Å². The first kappa shape index (κ1) is 26.9. The van der Waals surface area contributed by atoms with Crippen molar-refractivity contribution in [2.45, 2.75) is 18.4 Å². The molecule has 1 aromatic heterocycles. The first-order valence-electron chi connectivity index (χ1n) is 11.4. The van der Waals surface area contributed by atoms with Gasteiger partial charge in [0, 0.05) is 11.6 Å². The van der Waals surface area contributed by atoms with Crippen LogP contribution in [-0.2, 0) is 16.6 Å². The van der Waals surface area contributed by atoms with E-state index in [1.54, 1.807) is 55.5 Å². The molecule has 0 spiro atoms. The maximum absolute atomic E-state index is 13.2. The number of fused-ring (bicyclic) bond motifs is 1. The Balaban J connectivity index is 1.62. The molecule has 0 saturated carbocycles. The highest BCUT2D eigenvalue weighted by Crippen LogP contribution is 2.30. The second-order valence-corrected chi connectivity index (χ2v) is 11.0. The Kier molecular flexibility index (Phi) is 8.39. The molecule has 1 heterocycles. The number of para-hydroxylation sites is 2. The van der Waals surface area contributed by atoms with Gasteiger partial charge in [0.1, 0.15) is 19.0 Å². The molecule has 0 aliphatic carbocycles. The van der Waals surface area contributed by atoms with Gasteiger partial charge in [-0.05, 0) is 68.5 Å². The number of ether oxygens (including phenoxy) is 2. The van der Waals surface area contributed by atoms with Crippen LogP contribution in [0.25, 0.3) is 11.0 Å². The molecule has 4 aromatic rings. The molecule has 37 heavy (non-hydrogen) atoms. The van der Waals surface area contributed by atoms with E-state index in [1.807, 2.05) is 25.1 Å². The topological polar surface area (TPSA) is 93.7 Å². The van der Waals surface area contributed by atoms with Crippen LogP contribution >= 0.6 is 23.2 Å². The van der Waals surface area contributed by atoms with E-state index < -0.39 is 10.0 Å². The SMILES string of the molecule is Cc1c(Cl)cccc1S(=O)(=O)Nc1nc2ccccc2nc1OCc1ccc(Cl)c(OCCN(C)C)c1. The van der Waals surface area contributed by atoms with E-state index in [2.05, 4.69) is 14.7 Å². The molecule has 0 amide bonds. The van der Waals surface area contributed by atoms with Gasteiger partial charge in [0.2, 0.25) is 5.82 Å².